The largest absolute Gasteiger partial charge is 0.496 e. The lowest BCUT2D eigenvalue weighted by Crippen LogP contribution is -2.05. The molecule has 23 heavy (non-hydrogen) atoms. The van der Waals surface area contributed by atoms with Crippen LogP contribution in [0, 0.1) is 17.5 Å². The van der Waals surface area contributed by atoms with Gasteiger partial charge in [-0.1, -0.05) is 0 Å². The molecule has 8 heteroatoms. The van der Waals surface area contributed by atoms with E-state index < -0.39 is 17.5 Å². The van der Waals surface area contributed by atoms with Gasteiger partial charge in [-0.2, -0.15) is 0 Å². The second kappa shape index (κ2) is 7.82. The molecule has 0 aliphatic rings. The molecule has 126 valence electrons. The fourth-order valence-corrected chi connectivity index (χ4v) is 1.87. The molecule has 2 rings (SSSR count). The van der Waals surface area contributed by atoms with Gasteiger partial charge >= 0.3 is 0 Å². The highest BCUT2D eigenvalue weighted by Gasteiger charge is 2.17. The number of methoxy groups -OCH3 is 2. The summed E-state index contributed by atoms with van der Waals surface area (Å²) in [6.07, 6.45) is 0. The van der Waals surface area contributed by atoms with Gasteiger partial charge in [-0.15, -0.1) is 12.4 Å². The summed E-state index contributed by atoms with van der Waals surface area (Å²) < 4.78 is 55.8. The number of ether oxygens (including phenoxy) is 3. The Morgan fingerprint density at radius 1 is 0.913 bits per heavy atom. The number of halogens is 4. The molecule has 2 aromatic carbocycles. The zero-order valence-corrected chi connectivity index (χ0v) is 13.2. The first kappa shape index (κ1) is 18.8. The minimum absolute atomic E-state index is 0. The zero-order valence-electron chi connectivity index (χ0n) is 12.4. The first-order valence-electron chi connectivity index (χ1n) is 6.24. The number of benzene rings is 2. The molecule has 0 spiro atoms. The summed E-state index contributed by atoms with van der Waals surface area (Å²) in [7, 11) is 2.65. The molecule has 0 aliphatic heterocycles. The van der Waals surface area contributed by atoms with Crippen LogP contribution in [0.15, 0.2) is 24.3 Å². The molecule has 4 nitrogen and oxygen atoms in total. The average molecular weight is 350 g/mol. The van der Waals surface area contributed by atoms with Crippen molar-refractivity contribution in [1.29, 1.82) is 0 Å². The summed E-state index contributed by atoms with van der Waals surface area (Å²) in [5, 5.41) is 0. The molecule has 2 aromatic rings. The lowest BCUT2D eigenvalue weighted by atomic mass is 10.2. The Balaban J connectivity index is 0.00000264. The molecule has 0 heterocycles. The van der Waals surface area contributed by atoms with Crippen molar-refractivity contribution in [2.45, 2.75) is 6.61 Å². The van der Waals surface area contributed by atoms with Crippen molar-refractivity contribution in [1.82, 2.24) is 0 Å². The second-order valence-corrected chi connectivity index (χ2v) is 4.36. The molecule has 0 amide bonds. The van der Waals surface area contributed by atoms with Gasteiger partial charge in [-0.25, -0.2) is 13.2 Å². The fraction of sp³-hybridized carbons (Fsp3) is 0.200. The summed E-state index contributed by atoms with van der Waals surface area (Å²) in [4.78, 5) is 0. The Labute approximate surface area is 137 Å². The van der Waals surface area contributed by atoms with Crippen LogP contribution in [-0.2, 0) is 6.61 Å². The Kier molecular flexibility index (Phi) is 6.38. The van der Waals surface area contributed by atoms with Gasteiger partial charge in [0, 0.05) is 12.1 Å². The Hall–Kier alpha value is -2.28. The van der Waals surface area contributed by atoms with E-state index in [2.05, 4.69) is 0 Å². The Morgan fingerprint density at radius 2 is 1.57 bits per heavy atom. The average Bonchev–Trinajstić information content (AvgIpc) is 2.51. The maximum Gasteiger partial charge on any atom is 0.169 e. The van der Waals surface area contributed by atoms with Crippen LogP contribution in [0.3, 0.4) is 0 Å². The van der Waals surface area contributed by atoms with Crippen LogP contribution in [0.5, 0.6) is 17.2 Å². The van der Waals surface area contributed by atoms with E-state index in [0.29, 0.717) is 0 Å². The van der Waals surface area contributed by atoms with E-state index in [9.17, 15) is 13.2 Å². The number of hydrogen-bond donors (Lipinski definition) is 1. The molecule has 0 fully saturated rings. The normalized spacial score (nSPS) is 9.96. The predicted molar refractivity (Wildman–Crippen MR) is 81.9 cm³/mol. The molecule has 0 saturated heterocycles. The van der Waals surface area contributed by atoms with Crippen molar-refractivity contribution < 1.29 is 27.4 Å². The highest BCUT2D eigenvalue weighted by Crippen LogP contribution is 2.33. The van der Waals surface area contributed by atoms with Crippen molar-refractivity contribution in [3.63, 3.8) is 0 Å². The van der Waals surface area contributed by atoms with Gasteiger partial charge in [0.2, 0.25) is 0 Å². The third-order valence-electron chi connectivity index (χ3n) is 3.03. The monoisotopic (exact) mass is 349 g/mol. The van der Waals surface area contributed by atoms with E-state index in [1.54, 1.807) is 0 Å². The molecule has 0 unspecified atom stereocenters. The van der Waals surface area contributed by atoms with Crippen molar-refractivity contribution in [3.05, 3.63) is 47.3 Å². The summed E-state index contributed by atoms with van der Waals surface area (Å²) >= 11 is 0. The van der Waals surface area contributed by atoms with Gasteiger partial charge in [0.05, 0.1) is 25.5 Å². The number of hydrogen-bond acceptors (Lipinski definition) is 4. The molecule has 0 atom stereocenters. The number of rotatable bonds is 5. The van der Waals surface area contributed by atoms with E-state index in [4.69, 9.17) is 19.9 Å². The van der Waals surface area contributed by atoms with Crippen molar-refractivity contribution >= 4 is 18.1 Å². The third-order valence-corrected chi connectivity index (χ3v) is 3.03. The smallest absolute Gasteiger partial charge is 0.169 e. The standard InChI is InChI=1S/C15H14F3NO3.ClH/c1-20-12-4-3-9(16)15(18)8(12)7-22-14-6-11(19)10(17)5-13(14)21-2;/h3-6H,7,19H2,1-2H3;1H. The number of nitrogen functional groups attached to an aromatic ring is 1. The Bertz CT molecular complexity index is 698. The van der Waals surface area contributed by atoms with Crippen molar-refractivity contribution in [3.8, 4) is 17.2 Å². The molecule has 0 aliphatic carbocycles. The quantitative estimate of drug-likeness (QED) is 0.836. The molecule has 0 saturated carbocycles. The van der Waals surface area contributed by atoms with Gasteiger partial charge in [-0.3, -0.25) is 0 Å². The second-order valence-electron chi connectivity index (χ2n) is 4.36. The van der Waals surface area contributed by atoms with Crippen LogP contribution < -0.4 is 19.9 Å². The first-order valence-corrected chi connectivity index (χ1v) is 6.24. The van der Waals surface area contributed by atoms with Crippen LogP contribution in [0.2, 0.25) is 0 Å². The van der Waals surface area contributed by atoms with Crippen LogP contribution in [0.25, 0.3) is 0 Å². The molecule has 0 aromatic heterocycles. The minimum Gasteiger partial charge on any atom is -0.496 e. The van der Waals surface area contributed by atoms with Crippen molar-refractivity contribution in [2.24, 2.45) is 0 Å². The van der Waals surface area contributed by atoms with Crippen LogP contribution >= 0.6 is 12.4 Å². The summed E-state index contributed by atoms with van der Waals surface area (Å²) in [5.74, 6) is -2.44. The van der Waals surface area contributed by atoms with E-state index in [-0.39, 0.29) is 47.5 Å². The number of anilines is 1. The molecule has 2 N–H and O–H groups in total. The fourth-order valence-electron chi connectivity index (χ4n) is 1.87. The molecular formula is C15H15ClF3NO3. The van der Waals surface area contributed by atoms with Crippen LogP contribution in [0.4, 0.5) is 18.9 Å². The van der Waals surface area contributed by atoms with Crippen LogP contribution in [0.1, 0.15) is 5.56 Å². The minimum atomic E-state index is -1.08. The van der Waals surface area contributed by atoms with Gasteiger partial charge in [0.15, 0.2) is 23.1 Å². The summed E-state index contributed by atoms with van der Waals surface area (Å²) in [5.41, 5.74) is 5.20. The van der Waals surface area contributed by atoms with Gasteiger partial charge in [0.25, 0.3) is 0 Å². The maximum atomic E-state index is 13.8. The van der Waals surface area contributed by atoms with E-state index >= 15 is 0 Å². The number of nitrogens with two attached hydrogens (primary N) is 1. The Morgan fingerprint density at radius 3 is 2.17 bits per heavy atom. The predicted octanol–water partition coefficient (Wildman–Crippen LogP) is 3.70. The SMILES string of the molecule is COc1cc(F)c(N)cc1OCc1c(OC)ccc(F)c1F.Cl. The lowest BCUT2D eigenvalue weighted by Gasteiger charge is -2.14. The van der Waals surface area contributed by atoms with Crippen LogP contribution in [-0.4, -0.2) is 14.2 Å². The maximum absolute atomic E-state index is 13.8. The summed E-state index contributed by atoms with van der Waals surface area (Å²) in [6, 6.07) is 4.49. The summed E-state index contributed by atoms with van der Waals surface area (Å²) in [6.45, 7) is -0.339. The third kappa shape index (κ3) is 3.92. The lowest BCUT2D eigenvalue weighted by molar-refractivity contribution is 0.269. The molecular weight excluding hydrogens is 335 g/mol. The van der Waals surface area contributed by atoms with E-state index in [1.165, 1.54) is 26.4 Å². The topological polar surface area (TPSA) is 53.7 Å². The van der Waals surface area contributed by atoms with Gasteiger partial charge in [0.1, 0.15) is 18.2 Å². The van der Waals surface area contributed by atoms with Crippen molar-refractivity contribution in [2.75, 3.05) is 20.0 Å². The zero-order chi connectivity index (χ0) is 16.3. The highest BCUT2D eigenvalue weighted by molar-refractivity contribution is 5.85. The van der Waals surface area contributed by atoms with Gasteiger partial charge in [-0.05, 0) is 12.1 Å². The van der Waals surface area contributed by atoms with Gasteiger partial charge < -0.3 is 19.9 Å². The highest BCUT2D eigenvalue weighted by atomic mass is 35.5. The van der Waals surface area contributed by atoms with E-state index in [0.717, 1.165) is 12.1 Å². The molecule has 0 radical (unpaired) electrons. The molecule has 0 bridgehead atoms. The first-order chi connectivity index (χ1) is 10.5. The van der Waals surface area contributed by atoms with E-state index in [1.807, 2.05) is 0 Å².